The van der Waals surface area contributed by atoms with Crippen molar-refractivity contribution in [1.29, 1.82) is 0 Å². The first-order valence-electron chi connectivity index (χ1n) is 16.3. The lowest BCUT2D eigenvalue weighted by atomic mass is 10.0. The van der Waals surface area contributed by atoms with Crippen LogP contribution in [0.5, 0.6) is 0 Å². The molecule has 0 aromatic carbocycles. The van der Waals surface area contributed by atoms with Gasteiger partial charge in [0.05, 0.1) is 12.3 Å². The Morgan fingerprint density at radius 2 is 1.03 bits per heavy atom. The van der Waals surface area contributed by atoms with Crippen molar-refractivity contribution in [2.45, 2.75) is 167 Å². The van der Waals surface area contributed by atoms with E-state index in [1.165, 1.54) is 147 Å². The molecule has 0 amide bonds. The summed E-state index contributed by atoms with van der Waals surface area (Å²) in [6.07, 6.45) is 37.6. The van der Waals surface area contributed by atoms with Crippen LogP contribution >= 0.6 is 0 Å². The minimum atomic E-state index is -0.991. The van der Waals surface area contributed by atoms with Crippen LogP contribution in [0.2, 0.25) is 0 Å². The fourth-order valence-corrected chi connectivity index (χ4v) is 4.97. The summed E-state index contributed by atoms with van der Waals surface area (Å²) in [6, 6.07) is 0. The molecule has 1 unspecified atom stereocenters. The molecule has 0 spiro atoms. The van der Waals surface area contributed by atoms with Gasteiger partial charge in [-0.15, -0.1) is 0 Å². The highest BCUT2D eigenvalue weighted by atomic mass is 16.5. The zero-order chi connectivity index (χ0) is 27.9. The number of carboxylic acids is 1. The summed E-state index contributed by atoms with van der Waals surface area (Å²) < 4.78 is 4.99. The number of esters is 1. The molecule has 0 aliphatic rings. The van der Waals surface area contributed by atoms with Gasteiger partial charge in [-0.25, -0.2) is 0 Å². The maximum absolute atomic E-state index is 11.9. The maximum atomic E-state index is 11.9. The number of carbonyl (C=O) groups excluding carboxylic acids is 1. The average Bonchev–Trinajstić information content (AvgIpc) is 2.90. The highest BCUT2D eigenvalue weighted by molar-refractivity contribution is 5.80. The molecule has 0 bridgehead atoms. The number of rotatable bonds is 30. The van der Waals surface area contributed by atoms with Gasteiger partial charge in [0.15, 0.2) is 0 Å². The maximum Gasteiger partial charge on any atom is 0.313 e. The number of hydrogen-bond donors (Lipinski definition) is 1. The summed E-state index contributed by atoms with van der Waals surface area (Å²) in [7, 11) is 0. The number of aliphatic carboxylic acids is 1. The van der Waals surface area contributed by atoms with E-state index in [0.29, 0.717) is 0 Å². The number of hydrogen-bond acceptors (Lipinski definition) is 3. The van der Waals surface area contributed by atoms with E-state index in [4.69, 9.17) is 9.84 Å². The molecule has 1 atom stereocenters. The Balaban J connectivity index is 3.38. The molecule has 0 aliphatic heterocycles. The number of allylic oxidation sites excluding steroid dienone is 1. The second-order valence-corrected chi connectivity index (χ2v) is 11.1. The minimum Gasteiger partial charge on any atom is -0.481 e. The van der Waals surface area contributed by atoms with Gasteiger partial charge in [0.25, 0.3) is 0 Å². The van der Waals surface area contributed by atoms with Gasteiger partial charge in [-0.3, -0.25) is 9.59 Å². The zero-order valence-corrected chi connectivity index (χ0v) is 25.1. The van der Waals surface area contributed by atoms with Crippen molar-refractivity contribution in [1.82, 2.24) is 0 Å². The van der Waals surface area contributed by atoms with Gasteiger partial charge in [0.1, 0.15) is 6.61 Å². The van der Waals surface area contributed by atoms with Crippen LogP contribution in [0.15, 0.2) is 24.8 Å². The topological polar surface area (TPSA) is 63.6 Å². The number of carbonyl (C=O) groups is 2. The standard InChI is InChI=1S/C34H62O4/c1-3-5-6-7-8-9-10-11-12-13-14-15-16-17-18-19-20-21-22-23-24-25-26-27-28-29-32(31-33(35)36)34(37)38-30-4-2/h4,28-29,32H,2-3,5-27,30-31H2,1H3,(H,35,36)/b29-28+. The van der Waals surface area contributed by atoms with Gasteiger partial charge in [0.2, 0.25) is 0 Å². The fourth-order valence-electron chi connectivity index (χ4n) is 4.97. The van der Waals surface area contributed by atoms with Crippen molar-refractivity contribution in [3.05, 3.63) is 24.8 Å². The molecule has 0 saturated heterocycles. The van der Waals surface area contributed by atoms with Crippen molar-refractivity contribution < 1.29 is 19.4 Å². The van der Waals surface area contributed by atoms with Crippen LogP contribution in [0, 0.1) is 5.92 Å². The lowest BCUT2D eigenvalue weighted by Gasteiger charge is -2.09. The molecular weight excluding hydrogens is 472 g/mol. The van der Waals surface area contributed by atoms with Crippen molar-refractivity contribution in [2.24, 2.45) is 5.92 Å². The van der Waals surface area contributed by atoms with Crippen molar-refractivity contribution in [2.75, 3.05) is 6.61 Å². The van der Waals surface area contributed by atoms with E-state index in [2.05, 4.69) is 13.5 Å². The van der Waals surface area contributed by atoms with Crippen molar-refractivity contribution >= 4 is 11.9 Å². The van der Waals surface area contributed by atoms with Crippen LogP contribution in [-0.2, 0) is 14.3 Å². The summed E-state index contributed by atoms with van der Waals surface area (Å²) in [6.45, 7) is 5.91. The summed E-state index contributed by atoms with van der Waals surface area (Å²) in [5.74, 6) is -2.19. The van der Waals surface area contributed by atoms with Crippen LogP contribution in [0.3, 0.4) is 0 Å². The smallest absolute Gasteiger partial charge is 0.313 e. The molecule has 1 N–H and O–H groups in total. The highest BCUT2D eigenvalue weighted by Crippen LogP contribution is 2.16. The lowest BCUT2D eigenvalue weighted by molar-refractivity contribution is -0.150. The summed E-state index contributed by atoms with van der Waals surface area (Å²) >= 11 is 0. The molecule has 0 heterocycles. The first kappa shape index (κ1) is 36.4. The van der Waals surface area contributed by atoms with Gasteiger partial charge >= 0.3 is 11.9 Å². The molecule has 0 rings (SSSR count). The molecule has 0 aliphatic carbocycles. The van der Waals surface area contributed by atoms with Crippen molar-refractivity contribution in [3.8, 4) is 0 Å². The lowest BCUT2D eigenvalue weighted by Crippen LogP contribution is -2.19. The second kappa shape index (κ2) is 30.0. The van der Waals surface area contributed by atoms with E-state index < -0.39 is 17.9 Å². The van der Waals surface area contributed by atoms with E-state index >= 15 is 0 Å². The summed E-state index contributed by atoms with van der Waals surface area (Å²) in [5, 5.41) is 8.99. The Hall–Kier alpha value is -1.58. The average molecular weight is 535 g/mol. The molecule has 4 nitrogen and oxygen atoms in total. The summed E-state index contributed by atoms with van der Waals surface area (Å²) in [5.41, 5.74) is 0. The van der Waals surface area contributed by atoms with E-state index in [1.807, 2.05) is 6.08 Å². The van der Waals surface area contributed by atoms with Crippen LogP contribution in [0.1, 0.15) is 167 Å². The van der Waals surface area contributed by atoms with E-state index in [0.717, 1.165) is 12.8 Å². The minimum absolute atomic E-state index is 0.113. The Morgan fingerprint density at radius 1 is 0.658 bits per heavy atom. The molecule has 0 fully saturated rings. The van der Waals surface area contributed by atoms with Crippen LogP contribution in [0.25, 0.3) is 0 Å². The third kappa shape index (κ3) is 27.5. The molecule has 0 saturated carbocycles. The monoisotopic (exact) mass is 534 g/mol. The van der Waals surface area contributed by atoms with Gasteiger partial charge in [-0.05, 0) is 12.8 Å². The third-order valence-corrected chi connectivity index (χ3v) is 7.38. The van der Waals surface area contributed by atoms with Crippen LogP contribution in [0.4, 0.5) is 0 Å². The normalized spacial score (nSPS) is 12.1. The molecule has 4 heteroatoms. The highest BCUT2D eigenvalue weighted by Gasteiger charge is 2.19. The van der Waals surface area contributed by atoms with E-state index in [1.54, 1.807) is 6.08 Å². The number of unbranched alkanes of at least 4 members (excludes halogenated alkanes) is 23. The van der Waals surface area contributed by atoms with E-state index in [9.17, 15) is 9.59 Å². The fraction of sp³-hybridized carbons (Fsp3) is 0.824. The van der Waals surface area contributed by atoms with Gasteiger partial charge in [0, 0.05) is 0 Å². The van der Waals surface area contributed by atoms with E-state index in [-0.39, 0.29) is 13.0 Å². The number of carboxylic acid groups (broad SMARTS) is 1. The summed E-state index contributed by atoms with van der Waals surface area (Å²) in [4.78, 5) is 22.9. The molecule has 0 aromatic heterocycles. The predicted molar refractivity (Wildman–Crippen MR) is 163 cm³/mol. The van der Waals surface area contributed by atoms with Crippen molar-refractivity contribution in [3.63, 3.8) is 0 Å². The zero-order valence-electron chi connectivity index (χ0n) is 25.1. The Morgan fingerprint density at radius 3 is 1.37 bits per heavy atom. The second-order valence-electron chi connectivity index (χ2n) is 11.1. The van der Waals surface area contributed by atoms with Crippen LogP contribution in [-0.4, -0.2) is 23.7 Å². The third-order valence-electron chi connectivity index (χ3n) is 7.38. The number of ether oxygens (including phenoxy) is 1. The molecule has 0 radical (unpaired) electrons. The van der Waals surface area contributed by atoms with Gasteiger partial charge < -0.3 is 9.84 Å². The van der Waals surface area contributed by atoms with Gasteiger partial charge in [-0.1, -0.05) is 173 Å². The van der Waals surface area contributed by atoms with Crippen LogP contribution < -0.4 is 0 Å². The molecule has 222 valence electrons. The quantitative estimate of drug-likeness (QED) is 0.0565. The Kier molecular flexibility index (Phi) is 28.7. The first-order valence-corrected chi connectivity index (χ1v) is 16.3. The molecule has 0 aromatic rings. The predicted octanol–water partition coefficient (Wildman–Crippen LogP) is 10.7. The first-order chi connectivity index (χ1) is 18.6. The largest absolute Gasteiger partial charge is 0.481 e. The SMILES string of the molecule is C=CCOC(=O)C(/C=C/CCCCCCCCCCCCCCCCCCCCCCCCC)CC(=O)O. The Bertz CT molecular complexity index is 569. The van der Waals surface area contributed by atoms with Gasteiger partial charge in [-0.2, -0.15) is 0 Å². The Labute approximate surface area is 236 Å². The molecule has 38 heavy (non-hydrogen) atoms. The molecular formula is C34H62O4.